The quantitative estimate of drug-likeness (QED) is 0.901. The Morgan fingerprint density at radius 2 is 1.95 bits per heavy atom. The Morgan fingerprint density at radius 1 is 1.20 bits per heavy atom. The van der Waals surface area contributed by atoms with Crippen LogP contribution in [0.3, 0.4) is 0 Å². The first kappa shape index (κ1) is 14.2. The molecule has 1 aromatic carbocycles. The Bertz CT molecular complexity index is 552. The molecule has 0 aliphatic heterocycles. The van der Waals surface area contributed by atoms with Gasteiger partial charge in [0.1, 0.15) is 0 Å². The van der Waals surface area contributed by atoms with Crippen molar-refractivity contribution in [2.24, 2.45) is 5.73 Å². The van der Waals surface area contributed by atoms with Gasteiger partial charge in [0.15, 0.2) is 0 Å². The number of amides is 1. The highest BCUT2D eigenvalue weighted by Crippen LogP contribution is 2.09. The van der Waals surface area contributed by atoms with Crippen molar-refractivity contribution in [3.05, 3.63) is 65.5 Å². The normalized spacial score (nSPS) is 10.3. The fourth-order valence-corrected chi connectivity index (χ4v) is 2.01. The molecule has 0 saturated carbocycles. The Balaban J connectivity index is 2.03. The van der Waals surface area contributed by atoms with Crippen LogP contribution in [0.15, 0.2) is 48.7 Å². The summed E-state index contributed by atoms with van der Waals surface area (Å²) in [5, 5.41) is 0. The second kappa shape index (κ2) is 6.82. The molecule has 0 atom stereocenters. The van der Waals surface area contributed by atoms with Gasteiger partial charge in [-0.2, -0.15) is 0 Å². The lowest BCUT2D eigenvalue weighted by Gasteiger charge is -2.17. The van der Waals surface area contributed by atoms with Crippen molar-refractivity contribution in [2.75, 3.05) is 13.6 Å². The van der Waals surface area contributed by atoms with Crippen LogP contribution in [-0.4, -0.2) is 29.4 Å². The second-order valence-corrected chi connectivity index (χ2v) is 4.72. The van der Waals surface area contributed by atoms with Crippen LogP contribution in [0.2, 0.25) is 0 Å². The van der Waals surface area contributed by atoms with Crippen molar-refractivity contribution in [1.82, 2.24) is 9.88 Å². The minimum Gasteiger partial charge on any atom is -0.336 e. The highest BCUT2D eigenvalue weighted by atomic mass is 16.2. The first-order valence-electron chi connectivity index (χ1n) is 6.65. The lowest BCUT2D eigenvalue weighted by Crippen LogP contribution is -2.26. The third-order valence-electron chi connectivity index (χ3n) is 3.11. The summed E-state index contributed by atoms with van der Waals surface area (Å²) in [7, 11) is 1.78. The van der Waals surface area contributed by atoms with Gasteiger partial charge in [0.05, 0.1) is 12.2 Å². The number of rotatable bonds is 5. The van der Waals surface area contributed by atoms with E-state index >= 15 is 0 Å². The molecule has 0 unspecified atom stereocenters. The van der Waals surface area contributed by atoms with Crippen LogP contribution >= 0.6 is 0 Å². The van der Waals surface area contributed by atoms with Crippen molar-refractivity contribution in [1.29, 1.82) is 0 Å². The van der Waals surface area contributed by atoms with Crippen LogP contribution in [0.25, 0.3) is 0 Å². The number of pyridine rings is 1. The van der Waals surface area contributed by atoms with E-state index in [2.05, 4.69) is 4.98 Å². The molecule has 2 rings (SSSR count). The molecule has 0 aliphatic rings. The fraction of sp³-hybridized carbons (Fsp3) is 0.250. The number of hydrogen-bond donors (Lipinski definition) is 1. The van der Waals surface area contributed by atoms with Crippen molar-refractivity contribution >= 4 is 5.91 Å². The number of hydrogen-bond acceptors (Lipinski definition) is 3. The molecule has 0 saturated heterocycles. The highest BCUT2D eigenvalue weighted by Gasteiger charge is 2.12. The number of aromatic nitrogens is 1. The topological polar surface area (TPSA) is 59.2 Å². The molecular weight excluding hydrogens is 250 g/mol. The molecule has 4 nitrogen and oxygen atoms in total. The van der Waals surface area contributed by atoms with Gasteiger partial charge < -0.3 is 10.6 Å². The van der Waals surface area contributed by atoms with Gasteiger partial charge in [-0.15, -0.1) is 0 Å². The number of nitrogens with two attached hydrogens (primary N) is 1. The molecule has 0 aliphatic carbocycles. The number of carbonyl (C=O) groups is 1. The van der Waals surface area contributed by atoms with Crippen molar-refractivity contribution < 1.29 is 4.79 Å². The number of nitrogens with zero attached hydrogens (tertiary/aromatic N) is 2. The van der Waals surface area contributed by atoms with E-state index < -0.39 is 0 Å². The van der Waals surface area contributed by atoms with E-state index in [-0.39, 0.29) is 5.91 Å². The van der Waals surface area contributed by atoms with Gasteiger partial charge >= 0.3 is 0 Å². The Hall–Kier alpha value is -2.20. The molecule has 1 aromatic heterocycles. The second-order valence-electron chi connectivity index (χ2n) is 4.72. The third kappa shape index (κ3) is 3.65. The zero-order chi connectivity index (χ0) is 14.4. The van der Waals surface area contributed by atoms with Crippen molar-refractivity contribution in [3.63, 3.8) is 0 Å². The number of benzene rings is 1. The maximum Gasteiger partial charge on any atom is 0.253 e. The summed E-state index contributed by atoms with van der Waals surface area (Å²) in [6.07, 6.45) is 2.56. The van der Waals surface area contributed by atoms with E-state index in [0.29, 0.717) is 18.7 Å². The Morgan fingerprint density at radius 3 is 2.55 bits per heavy atom. The van der Waals surface area contributed by atoms with Gasteiger partial charge in [0.25, 0.3) is 5.91 Å². The summed E-state index contributed by atoms with van der Waals surface area (Å²) in [6.45, 7) is 1.12. The molecular formula is C16H19N3O. The van der Waals surface area contributed by atoms with E-state index in [4.69, 9.17) is 5.73 Å². The predicted octanol–water partition coefficient (Wildman–Crippen LogP) is 1.85. The molecule has 0 spiro atoms. The highest BCUT2D eigenvalue weighted by molar-refractivity contribution is 5.94. The Labute approximate surface area is 119 Å². The molecule has 0 fully saturated rings. The zero-order valence-electron chi connectivity index (χ0n) is 11.6. The van der Waals surface area contributed by atoms with E-state index in [9.17, 15) is 4.79 Å². The summed E-state index contributed by atoms with van der Waals surface area (Å²) in [5.41, 5.74) is 8.22. The molecule has 2 aromatic rings. The van der Waals surface area contributed by atoms with Crippen LogP contribution in [0.4, 0.5) is 0 Å². The van der Waals surface area contributed by atoms with Crippen LogP contribution in [-0.2, 0) is 13.0 Å². The maximum absolute atomic E-state index is 12.3. The molecule has 0 radical (unpaired) electrons. The van der Waals surface area contributed by atoms with Gasteiger partial charge in [0, 0.05) is 18.8 Å². The maximum atomic E-state index is 12.3. The summed E-state index contributed by atoms with van der Waals surface area (Å²) in [4.78, 5) is 18.2. The van der Waals surface area contributed by atoms with Gasteiger partial charge in [-0.3, -0.25) is 9.78 Å². The average Bonchev–Trinajstić information content (AvgIpc) is 2.48. The van der Waals surface area contributed by atoms with E-state index in [0.717, 1.165) is 17.7 Å². The van der Waals surface area contributed by atoms with E-state index in [1.165, 1.54) is 0 Å². The van der Waals surface area contributed by atoms with Crippen LogP contribution in [0.5, 0.6) is 0 Å². The molecule has 1 heterocycles. The summed E-state index contributed by atoms with van der Waals surface area (Å²) in [6, 6.07) is 13.3. The number of carbonyl (C=O) groups excluding carboxylic acids is 1. The molecule has 1 amide bonds. The summed E-state index contributed by atoms with van der Waals surface area (Å²) < 4.78 is 0. The zero-order valence-corrected chi connectivity index (χ0v) is 11.6. The van der Waals surface area contributed by atoms with E-state index in [1.54, 1.807) is 18.1 Å². The van der Waals surface area contributed by atoms with Crippen LogP contribution in [0, 0.1) is 0 Å². The minimum atomic E-state index is -0.00467. The predicted molar refractivity (Wildman–Crippen MR) is 79.2 cm³/mol. The Kier molecular flexibility index (Phi) is 4.85. The summed E-state index contributed by atoms with van der Waals surface area (Å²) >= 11 is 0. The van der Waals surface area contributed by atoms with Gasteiger partial charge in [-0.05, 0) is 42.8 Å². The minimum absolute atomic E-state index is 0.00467. The van der Waals surface area contributed by atoms with Crippen molar-refractivity contribution in [3.8, 4) is 0 Å². The smallest absolute Gasteiger partial charge is 0.253 e. The van der Waals surface area contributed by atoms with Crippen LogP contribution < -0.4 is 5.73 Å². The molecule has 20 heavy (non-hydrogen) atoms. The monoisotopic (exact) mass is 269 g/mol. The SMILES string of the molecule is CN(Cc1ccccn1)C(=O)c1ccc(CCN)cc1. The fourth-order valence-electron chi connectivity index (χ4n) is 2.01. The van der Waals surface area contributed by atoms with Gasteiger partial charge in [-0.25, -0.2) is 0 Å². The van der Waals surface area contributed by atoms with E-state index in [1.807, 2.05) is 42.5 Å². The van der Waals surface area contributed by atoms with Crippen LogP contribution in [0.1, 0.15) is 21.6 Å². The average molecular weight is 269 g/mol. The molecule has 4 heteroatoms. The summed E-state index contributed by atoms with van der Waals surface area (Å²) in [5.74, 6) is -0.00467. The standard InChI is InChI=1S/C16H19N3O/c1-19(12-15-4-2-3-11-18-15)16(20)14-7-5-13(6-8-14)9-10-17/h2-8,11H,9-10,12,17H2,1H3. The van der Waals surface area contributed by atoms with Crippen molar-refractivity contribution in [2.45, 2.75) is 13.0 Å². The molecule has 2 N–H and O–H groups in total. The van der Waals surface area contributed by atoms with Gasteiger partial charge in [-0.1, -0.05) is 18.2 Å². The largest absolute Gasteiger partial charge is 0.336 e. The third-order valence-corrected chi connectivity index (χ3v) is 3.11. The molecule has 104 valence electrons. The lowest BCUT2D eigenvalue weighted by atomic mass is 10.1. The first-order valence-corrected chi connectivity index (χ1v) is 6.65. The first-order chi connectivity index (χ1) is 9.70. The molecule has 0 bridgehead atoms. The lowest BCUT2D eigenvalue weighted by molar-refractivity contribution is 0.0783. The van der Waals surface area contributed by atoms with Gasteiger partial charge in [0.2, 0.25) is 0 Å².